The van der Waals surface area contributed by atoms with Crippen LogP contribution >= 0.6 is 0 Å². The van der Waals surface area contributed by atoms with Gasteiger partial charge in [0.2, 0.25) is 5.91 Å². The minimum Gasteiger partial charge on any atom is -0.350 e. The highest BCUT2D eigenvalue weighted by atomic mass is 16.1. The predicted octanol–water partition coefficient (Wildman–Crippen LogP) is 4.73. The number of carbonyl (C=O) groups excluding carboxylic acids is 1. The predicted molar refractivity (Wildman–Crippen MR) is 98.4 cm³/mol. The lowest BCUT2D eigenvalue weighted by Gasteiger charge is -2.59. The Morgan fingerprint density at radius 3 is 2.17 bits per heavy atom. The van der Waals surface area contributed by atoms with Gasteiger partial charge in [-0.2, -0.15) is 0 Å². The van der Waals surface area contributed by atoms with E-state index in [9.17, 15) is 4.79 Å². The molecule has 0 aliphatic heterocycles. The third kappa shape index (κ3) is 3.03. The first-order valence-corrected chi connectivity index (χ1v) is 9.58. The van der Waals surface area contributed by atoms with Crippen LogP contribution in [0.2, 0.25) is 0 Å². The van der Waals surface area contributed by atoms with Crippen molar-refractivity contribution in [3.63, 3.8) is 0 Å². The van der Waals surface area contributed by atoms with Crippen LogP contribution in [0.15, 0.2) is 30.3 Å². The van der Waals surface area contributed by atoms with Gasteiger partial charge in [-0.25, -0.2) is 0 Å². The van der Waals surface area contributed by atoms with Gasteiger partial charge in [0.05, 0.1) is 0 Å². The molecule has 24 heavy (non-hydrogen) atoms. The van der Waals surface area contributed by atoms with Crippen molar-refractivity contribution in [1.82, 2.24) is 5.32 Å². The molecule has 1 N–H and O–H groups in total. The molecule has 128 valence electrons. The first kappa shape index (κ1) is 15.9. The maximum absolute atomic E-state index is 12.4. The fourth-order valence-corrected chi connectivity index (χ4v) is 5.97. The number of amides is 1. The quantitative estimate of drug-likeness (QED) is 0.797. The summed E-state index contributed by atoms with van der Waals surface area (Å²) in [7, 11) is 0. The Hall–Kier alpha value is -1.57. The first-order chi connectivity index (χ1) is 11.5. The molecule has 5 rings (SSSR count). The molecular weight excluding hydrogens is 294 g/mol. The van der Waals surface area contributed by atoms with E-state index < -0.39 is 0 Å². The average Bonchev–Trinajstić information content (AvgIpc) is 2.53. The number of nitrogens with one attached hydrogen (secondary N) is 1. The molecule has 0 aromatic heterocycles. The zero-order valence-corrected chi connectivity index (χ0v) is 14.9. The molecule has 1 atom stereocenters. The largest absolute Gasteiger partial charge is 0.350 e. The molecule has 1 amide bonds. The molecule has 2 heteroatoms. The number of carbonyl (C=O) groups is 1. The minimum absolute atomic E-state index is 0.0545. The van der Waals surface area contributed by atoms with E-state index in [-0.39, 0.29) is 5.91 Å². The smallest absolute Gasteiger partial charge is 0.244 e. The van der Waals surface area contributed by atoms with Gasteiger partial charge in [-0.3, -0.25) is 4.79 Å². The Balaban J connectivity index is 1.39. The molecule has 1 aromatic carbocycles. The van der Waals surface area contributed by atoms with Crippen LogP contribution in [-0.2, 0) is 4.79 Å². The van der Waals surface area contributed by atoms with Crippen molar-refractivity contribution in [3.8, 4) is 0 Å². The van der Waals surface area contributed by atoms with Crippen molar-refractivity contribution >= 4 is 12.0 Å². The average molecular weight is 323 g/mol. The molecule has 4 aliphatic rings. The number of benzene rings is 1. The second-order valence-electron chi connectivity index (χ2n) is 8.75. The summed E-state index contributed by atoms with van der Waals surface area (Å²) in [6.07, 6.45) is 12.0. The van der Waals surface area contributed by atoms with Crippen molar-refractivity contribution < 1.29 is 4.79 Å². The summed E-state index contributed by atoms with van der Waals surface area (Å²) in [5.74, 6) is 2.84. The molecule has 0 saturated heterocycles. The van der Waals surface area contributed by atoms with Gasteiger partial charge >= 0.3 is 0 Å². The zero-order valence-electron chi connectivity index (χ0n) is 14.9. The lowest BCUT2D eigenvalue weighted by atomic mass is 9.48. The van der Waals surface area contributed by atoms with E-state index in [0.29, 0.717) is 11.5 Å². The SMILES string of the molecule is Cc1ccc(/C=C/C(=O)NC(C)C23CC4CC(CC(C4)C2)C3)cc1. The number of aryl methyl sites for hydroxylation is 1. The lowest BCUT2D eigenvalue weighted by molar-refractivity contribution is -0.121. The van der Waals surface area contributed by atoms with Crippen LogP contribution in [0.5, 0.6) is 0 Å². The summed E-state index contributed by atoms with van der Waals surface area (Å²) in [4.78, 5) is 12.4. The van der Waals surface area contributed by atoms with Crippen LogP contribution in [0.3, 0.4) is 0 Å². The normalized spacial score (nSPS) is 35.3. The van der Waals surface area contributed by atoms with Gasteiger partial charge in [-0.05, 0) is 87.2 Å². The van der Waals surface area contributed by atoms with E-state index in [1.54, 1.807) is 6.08 Å². The van der Waals surface area contributed by atoms with Crippen LogP contribution in [0.25, 0.3) is 6.08 Å². The number of rotatable bonds is 4. The Labute approximate surface area is 145 Å². The molecule has 4 aliphatic carbocycles. The summed E-state index contributed by atoms with van der Waals surface area (Å²) in [6, 6.07) is 8.56. The maximum atomic E-state index is 12.4. The zero-order chi connectivity index (χ0) is 16.7. The van der Waals surface area contributed by atoms with Crippen molar-refractivity contribution in [2.45, 2.75) is 58.4 Å². The standard InChI is InChI=1S/C22H29NO/c1-15-3-5-17(6-4-15)7-8-21(24)23-16(2)22-12-18-9-19(13-22)11-20(10-18)14-22/h3-8,16,18-20H,9-14H2,1-2H3,(H,23,24)/b8-7+. The maximum Gasteiger partial charge on any atom is 0.244 e. The summed E-state index contributed by atoms with van der Waals surface area (Å²) < 4.78 is 0. The molecule has 2 nitrogen and oxygen atoms in total. The van der Waals surface area contributed by atoms with Crippen molar-refractivity contribution in [3.05, 3.63) is 41.5 Å². The topological polar surface area (TPSA) is 29.1 Å². The molecule has 0 spiro atoms. The second kappa shape index (κ2) is 6.06. The monoisotopic (exact) mass is 323 g/mol. The van der Waals surface area contributed by atoms with E-state index in [4.69, 9.17) is 0 Å². The summed E-state index contributed by atoms with van der Waals surface area (Å²) >= 11 is 0. The Morgan fingerprint density at radius 1 is 1.08 bits per heavy atom. The van der Waals surface area contributed by atoms with Crippen LogP contribution in [0, 0.1) is 30.1 Å². The van der Waals surface area contributed by atoms with E-state index in [1.807, 2.05) is 6.08 Å². The van der Waals surface area contributed by atoms with Gasteiger partial charge in [0.15, 0.2) is 0 Å². The molecule has 1 unspecified atom stereocenters. The van der Waals surface area contributed by atoms with Crippen molar-refractivity contribution in [2.75, 3.05) is 0 Å². The van der Waals surface area contributed by atoms with Crippen LogP contribution in [0.4, 0.5) is 0 Å². The molecule has 0 heterocycles. The summed E-state index contributed by atoms with van der Waals surface area (Å²) in [5.41, 5.74) is 2.70. The van der Waals surface area contributed by atoms with Crippen molar-refractivity contribution in [1.29, 1.82) is 0 Å². The molecule has 4 bridgehead atoms. The highest BCUT2D eigenvalue weighted by Gasteiger charge is 2.53. The highest BCUT2D eigenvalue weighted by molar-refractivity contribution is 5.91. The van der Waals surface area contributed by atoms with Gasteiger partial charge in [-0.1, -0.05) is 29.8 Å². The first-order valence-electron chi connectivity index (χ1n) is 9.58. The van der Waals surface area contributed by atoms with E-state index in [2.05, 4.69) is 43.4 Å². The van der Waals surface area contributed by atoms with E-state index >= 15 is 0 Å². The Morgan fingerprint density at radius 2 is 1.62 bits per heavy atom. The minimum atomic E-state index is 0.0545. The van der Waals surface area contributed by atoms with Crippen LogP contribution in [-0.4, -0.2) is 11.9 Å². The van der Waals surface area contributed by atoms with Crippen molar-refractivity contribution in [2.24, 2.45) is 23.2 Å². The lowest BCUT2D eigenvalue weighted by Crippen LogP contribution is -2.55. The van der Waals surface area contributed by atoms with Crippen LogP contribution < -0.4 is 5.32 Å². The summed E-state index contributed by atoms with van der Waals surface area (Å²) in [6.45, 7) is 4.32. The van der Waals surface area contributed by atoms with Gasteiger partial charge in [0.1, 0.15) is 0 Å². The molecule has 4 saturated carbocycles. The van der Waals surface area contributed by atoms with E-state index in [1.165, 1.54) is 44.1 Å². The Bertz CT molecular complexity index is 607. The number of hydrogen-bond donors (Lipinski definition) is 1. The van der Waals surface area contributed by atoms with Gasteiger partial charge in [0, 0.05) is 12.1 Å². The molecule has 0 radical (unpaired) electrons. The highest BCUT2D eigenvalue weighted by Crippen LogP contribution is 2.61. The Kier molecular flexibility index (Phi) is 4.02. The van der Waals surface area contributed by atoms with E-state index in [0.717, 1.165) is 23.3 Å². The molecule has 4 fully saturated rings. The van der Waals surface area contributed by atoms with Gasteiger partial charge in [0.25, 0.3) is 0 Å². The second-order valence-corrected chi connectivity index (χ2v) is 8.75. The van der Waals surface area contributed by atoms with Gasteiger partial charge < -0.3 is 5.32 Å². The molecule has 1 aromatic rings. The third-order valence-corrected chi connectivity index (χ3v) is 6.87. The molecular formula is C22H29NO. The van der Waals surface area contributed by atoms with Gasteiger partial charge in [-0.15, -0.1) is 0 Å². The van der Waals surface area contributed by atoms with Crippen LogP contribution in [0.1, 0.15) is 56.6 Å². The number of hydrogen-bond acceptors (Lipinski definition) is 1. The fourth-order valence-electron chi connectivity index (χ4n) is 5.97. The fraction of sp³-hybridized carbons (Fsp3) is 0.591. The summed E-state index contributed by atoms with van der Waals surface area (Å²) in [5, 5.41) is 3.29. The third-order valence-electron chi connectivity index (χ3n) is 6.87.